The molecule has 0 aliphatic carbocycles. The molecule has 0 atom stereocenters. The van der Waals surface area contributed by atoms with Gasteiger partial charge in [-0.15, -0.1) is 0 Å². The van der Waals surface area contributed by atoms with Gasteiger partial charge in [0.15, 0.2) is 0 Å². The molecular weight excluding hydrogens is 132 g/mol. The molecule has 5 nitrogen and oxygen atoms in total. The van der Waals surface area contributed by atoms with Gasteiger partial charge in [-0.05, 0) is 0 Å². The first-order valence-electron chi connectivity index (χ1n) is 2.73. The summed E-state index contributed by atoms with van der Waals surface area (Å²) in [5.74, 6) is 4.78. The summed E-state index contributed by atoms with van der Waals surface area (Å²) in [4.78, 5) is 14.2. The third-order valence-corrected chi connectivity index (χ3v) is 1.06. The van der Waals surface area contributed by atoms with Crippen molar-refractivity contribution in [3.05, 3.63) is 11.8 Å². The zero-order chi connectivity index (χ0) is 7.56. The highest BCUT2D eigenvalue weighted by Gasteiger charge is 2.06. The zero-order valence-corrected chi connectivity index (χ0v) is 5.32. The Morgan fingerprint density at radius 3 is 2.90 bits per heavy atom. The average molecular weight is 140 g/mol. The smallest absolute Gasteiger partial charge is 0.251 e. The molecule has 0 unspecified atom stereocenters. The molecule has 0 spiro atoms. The van der Waals surface area contributed by atoms with Crippen molar-refractivity contribution in [1.29, 1.82) is 0 Å². The summed E-state index contributed by atoms with van der Waals surface area (Å²) >= 11 is 0. The van der Waals surface area contributed by atoms with Crippen LogP contribution < -0.4 is 11.6 Å². The first-order valence-corrected chi connectivity index (χ1v) is 2.73. The number of primary amides is 1. The van der Waals surface area contributed by atoms with E-state index in [-0.39, 0.29) is 0 Å². The van der Waals surface area contributed by atoms with Crippen molar-refractivity contribution < 1.29 is 4.79 Å². The maximum absolute atomic E-state index is 10.5. The van der Waals surface area contributed by atoms with Crippen LogP contribution in [0.1, 0.15) is 0 Å². The van der Waals surface area contributed by atoms with Crippen LogP contribution in [0.4, 0.5) is 0 Å². The number of amides is 1. The molecular formula is C5H8N4O. The van der Waals surface area contributed by atoms with Crippen molar-refractivity contribution in [2.45, 2.75) is 0 Å². The van der Waals surface area contributed by atoms with E-state index < -0.39 is 5.91 Å². The molecule has 0 aromatic rings. The van der Waals surface area contributed by atoms with Gasteiger partial charge in [0.25, 0.3) is 5.91 Å². The Morgan fingerprint density at radius 1 is 1.80 bits per heavy atom. The summed E-state index contributed by atoms with van der Waals surface area (Å²) in [5.41, 5.74) is 5.28. The maximum atomic E-state index is 10.5. The van der Waals surface area contributed by atoms with Gasteiger partial charge in [0, 0.05) is 12.4 Å². The van der Waals surface area contributed by atoms with Gasteiger partial charge in [-0.3, -0.25) is 14.8 Å². The van der Waals surface area contributed by atoms with Crippen molar-refractivity contribution in [2.24, 2.45) is 16.6 Å². The molecule has 0 aromatic heterocycles. The van der Waals surface area contributed by atoms with Crippen LogP contribution in [0.5, 0.6) is 0 Å². The zero-order valence-electron chi connectivity index (χ0n) is 5.32. The number of hydrogen-bond donors (Lipinski definition) is 2. The fourth-order valence-electron chi connectivity index (χ4n) is 0.614. The van der Waals surface area contributed by atoms with Crippen molar-refractivity contribution in [2.75, 3.05) is 6.67 Å². The fraction of sp³-hybridized carbons (Fsp3) is 0.200. The number of carbonyl (C=O) groups is 1. The number of rotatable bonds is 1. The highest BCUT2D eigenvalue weighted by Crippen LogP contribution is 1.96. The third kappa shape index (κ3) is 1.32. The normalized spacial score (nSPS) is 16.9. The summed E-state index contributed by atoms with van der Waals surface area (Å²) in [5, 5.41) is 1.29. The number of hydrogen-bond acceptors (Lipinski definition) is 4. The van der Waals surface area contributed by atoms with Crippen LogP contribution in [0.15, 0.2) is 16.8 Å². The average Bonchev–Trinajstić information content (AvgIpc) is 1.88. The first kappa shape index (κ1) is 6.76. The van der Waals surface area contributed by atoms with Gasteiger partial charge in [-0.1, -0.05) is 0 Å². The monoisotopic (exact) mass is 140 g/mol. The topological polar surface area (TPSA) is 84.7 Å². The van der Waals surface area contributed by atoms with E-state index in [1.54, 1.807) is 0 Å². The van der Waals surface area contributed by atoms with Gasteiger partial charge in [0.05, 0.1) is 5.57 Å². The summed E-state index contributed by atoms with van der Waals surface area (Å²) < 4.78 is 0. The van der Waals surface area contributed by atoms with E-state index >= 15 is 0 Å². The second kappa shape index (κ2) is 2.49. The molecule has 1 aliphatic rings. The second-order valence-corrected chi connectivity index (χ2v) is 1.92. The van der Waals surface area contributed by atoms with Crippen LogP contribution in [-0.4, -0.2) is 23.8 Å². The molecule has 5 heteroatoms. The van der Waals surface area contributed by atoms with Crippen molar-refractivity contribution in [3.8, 4) is 0 Å². The molecule has 0 saturated heterocycles. The van der Waals surface area contributed by atoms with Crippen LogP contribution in [0.3, 0.4) is 0 Å². The van der Waals surface area contributed by atoms with E-state index in [0.717, 1.165) is 0 Å². The minimum atomic E-state index is -0.515. The molecule has 1 amide bonds. The SMILES string of the molecule is NC(=O)C1=CN(N)CN=C1. The van der Waals surface area contributed by atoms with E-state index in [2.05, 4.69) is 4.99 Å². The quantitative estimate of drug-likeness (QED) is 0.438. The van der Waals surface area contributed by atoms with Gasteiger partial charge >= 0.3 is 0 Å². The van der Waals surface area contributed by atoms with Gasteiger partial charge < -0.3 is 5.73 Å². The minimum Gasteiger partial charge on any atom is -0.366 e. The molecule has 54 valence electrons. The van der Waals surface area contributed by atoms with Crippen LogP contribution in [0.25, 0.3) is 0 Å². The summed E-state index contributed by atoms with van der Waals surface area (Å²) in [7, 11) is 0. The number of nitrogens with zero attached hydrogens (tertiary/aromatic N) is 2. The Bertz CT molecular complexity index is 208. The molecule has 0 fully saturated rings. The highest BCUT2D eigenvalue weighted by molar-refractivity contribution is 6.11. The molecule has 0 aromatic carbocycles. The third-order valence-electron chi connectivity index (χ3n) is 1.06. The molecule has 0 radical (unpaired) electrons. The van der Waals surface area contributed by atoms with E-state index in [9.17, 15) is 4.79 Å². The summed E-state index contributed by atoms with van der Waals surface area (Å²) in [6.07, 6.45) is 2.86. The predicted molar refractivity (Wildman–Crippen MR) is 36.7 cm³/mol. The molecule has 4 N–H and O–H groups in total. The number of hydrazine groups is 1. The Balaban J connectivity index is 2.76. The molecule has 0 saturated carbocycles. The lowest BCUT2D eigenvalue weighted by atomic mass is 10.3. The Labute approximate surface area is 58.0 Å². The lowest BCUT2D eigenvalue weighted by Crippen LogP contribution is -2.31. The van der Waals surface area contributed by atoms with Crippen molar-refractivity contribution in [3.63, 3.8) is 0 Å². The fourth-order valence-corrected chi connectivity index (χ4v) is 0.614. The summed E-state index contributed by atoms with van der Waals surface area (Å²) in [6, 6.07) is 0. The van der Waals surface area contributed by atoms with Gasteiger partial charge in [0.1, 0.15) is 6.67 Å². The second-order valence-electron chi connectivity index (χ2n) is 1.92. The Hall–Kier alpha value is -1.36. The van der Waals surface area contributed by atoms with E-state index in [1.807, 2.05) is 0 Å². The molecule has 0 bridgehead atoms. The standard InChI is InChI=1S/C5H8N4O/c6-5(10)4-1-8-3-9(7)2-4/h1-2H,3,7H2,(H2,6,10). The van der Waals surface area contributed by atoms with Crippen LogP contribution >= 0.6 is 0 Å². The predicted octanol–water partition coefficient (Wildman–Crippen LogP) is -1.43. The lowest BCUT2D eigenvalue weighted by molar-refractivity contribution is -0.114. The van der Waals surface area contributed by atoms with Crippen LogP contribution in [-0.2, 0) is 4.79 Å². The summed E-state index contributed by atoms with van der Waals surface area (Å²) in [6.45, 7) is 0.372. The van der Waals surface area contributed by atoms with E-state index in [4.69, 9.17) is 11.6 Å². The Morgan fingerprint density at radius 2 is 2.50 bits per heavy atom. The number of aliphatic imine (C=N–C) groups is 1. The largest absolute Gasteiger partial charge is 0.366 e. The highest BCUT2D eigenvalue weighted by atomic mass is 16.1. The Kier molecular flexibility index (Phi) is 1.68. The molecule has 10 heavy (non-hydrogen) atoms. The molecule has 1 heterocycles. The number of carbonyl (C=O) groups excluding carboxylic acids is 1. The van der Waals surface area contributed by atoms with Crippen LogP contribution in [0.2, 0.25) is 0 Å². The molecule has 1 aliphatic heterocycles. The van der Waals surface area contributed by atoms with Gasteiger partial charge in [-0.2, -0.15) is 0 Å². The van der Waals surface area contributed by atoms with Gasteiger partial charge in [-0.25, -0.2) is 5.84 Å². The van der Waals surface area contributed by atoms with E-state index in [0.29, 0.717) is 12.2 Å². The van der Waals surface area contributed by atoms with Crippen LogP contribution in [0, 0.1) is 0 Å². The van der Waals surface area contributed by atoms with E-state index in [1.165, 1.54) is 17.4 Å². The minimum absolute atomic E-state index is 0.328. The van der Waals surface area contributed by atoms with Crippen molar-refractivity contribution in [1.82, 2.24) is 5.01 Å². The maximum Gasteiger partial charge on any atom is 0.251 e. The van der Waals surface area contributed by atoms with Crippen molar-refractivity contribution >= 4 is 12.1 Å². The van der Waals surface area contributed by atoms with Gasteiger partial charge in [0.2, 0.25) is 0 Å². The molecule has 1 rings (SSSR count). The number of nitrogens with two attached hydrogens (primary N) is 2. The first-order chi connectivity index (χ1) is 4.70. The lowest BCUT2D eigenvalue weighted by Gasteiger charge is -2.14.